The van der Waals surface area contributed by atoms with Gasteiger partial charge in [-0.1, -0.05) is 40.2 Å². The first-order valence-electron chi connectivity index (χ1n) is 6.63. The van der Waals surface area contributed by atoms with Crippen LogP contribution < -0.4 is 5.32 Å². The Balaban J connectivity index is 1.84. The molecule has 21 heavy (non-hydrogen) atoms. The van der Waals surface area contributed by atoms with E-state index in [0.717, 1.165) is 18.9 Å². The van der Waals surface area contributed by atoms with Crippen molar-refractivity contribution >= 4 is 21.6 Å². The van der Waals surface area contributed by atoms with Crippen molar-refractivity contribution in [2.24, 2.45) is 0 Å². The molecule has 0 bridgehead atoms. The maximum absolute atomic E-state index is 13.1. The van der Waals surface area contributed by atoms with Crippen molar-refractivity contribution in [2.75, 3.05) is 5.32 Å². The predicted octanol–water partition coefficient (Wildman–Crippen LogP) is 5.05. The zero-order chi connectivity index (χ0) is 15.0. The van der Waals surface area contributed by atoms with E-state index in [2.05, 4.69) is 21.2 Å². The van der Waals surface area contributed by atoms with E-state index in [1.165, 1.54) is 17.2 Å². The molecule has 1 aliphatic rings. The van der Waals surface area contributed by atoms with Crippen LogP contribution in [0, 0.1) is 0 Å². The van der Waals surface area contributed by atoms with Crippen LogP contribution >= 0.6 is 15.9 Å². The standard InChI is InChI=1S/C16H13BrF3N/c17-12-5-6-15(14(9-12)16(18,19)20)21-13-7-10-3-1-2-4-11(10)8-13/h1-6,9,13,21H,7-8H2. The Kier molecular flexibility index (Phi) is 3.69. The second kappa shape index (κ2) is 5.37. The Bertz CT molecular complexity index is 642. The summed E-state index contributed by atoms with van der Waals surface area (Å²) < 4.78 is 39.7. The van der Waals surface area contributed by atoms with Gasteiger partial charge in [-0.15, -0.1) is 0 Å². The number of alkyl halides is 3. The average molecular weight is 356 g/mol. The largest absolute Gasteiger partial charge is 0.418 e. The monoisotopic (exact) mass is 355 g/mol. The van der Waals surface area contributed by atoms with Crippen LogP contribution in [0.4, 0.5) is 18.9 Å². The Morgan fingerprint density at radius 2 is 1.62 bits per heavy atom. The van der Waals surface area contributed by atoms with Gasteiger partial charge < -0.3 is 5.32 Å². The Labute approximate surface area is 129 Å². The van der Waals surface area contributed by atoms with Gasteiger partial charge in [0, 0.05) is 16.2 Å². The number of benzene rings is 2. The van der Waals surface area contributed by atoms with E-state index < -0.39 is 11.7 Å². The van der Waals surface area contributed by atoms with Crippen LogP contribution in [0.5, 0.6) is 0 Å². The third-order valence-corrected chi connectivity index (χ3v) is 4.19. The zero-order valence-corrected chi connectivity index (χ0v) is 12.6. The first kappa shape index (κ1) is 14.4. The second-order valence-electron chi connectivity index (χ2n) is 5.21. The summed E-state index contributed by atoms with van der Waals surface area (Å²) in [7, 11) is 0. The van der Waals surface area contributed by atoms with Crippen molar-refractivity contribution < 1.29 is 13.2 Å². The number of rotatable bonds is 2. The summed E-state index contributed by atoms with van der Waals surface area (Å²) in [5, 5.41) is 3.05. The van der Waals surface area contributed by atoms with Gasteiger partial charge in [-0.25, -0.2) is 0 Å². The summed E-state index contributed by atoms with van der Waals surface area (Å²) >= 11 is 3.10. The second-order valence-corrected chi connectivity index (χ2v) is 6.12. The summed E-state index contributed by atoms with van der Waals surface area (Å²) in [6.07, 6.45) is -2.86. The molecule has 0 fully saturated rings. The molecule has 1 nitrogen and oxygen atoms in total. The van der Waals surface area contributed by atoms with E-state index in [1.54, 1.807) is 6.07 Å². The maximum atomic E-state index is 13.1. The highest BCUT2D eigenvalue weighted by atomic mass is 79.9. The molecule has 0 saturated carbocycles. The fraction of sp³-hybridized carbons (Fsp3) is 0.250. The fourth-order valence-electron chi connectivity index (χ4n) is 2.76. The third-order valence-electron chi connectivity index (χ3n) is 3.70. The molecule has 0 aromatic heterocycles. The maximum Gasteiger partial charge on any atom is 0.418 e. The zero-order valence-electron chi connectivity index (χ0n) is 11.0. The van der Waals surface area contributed by atoms with Crippen LogP contribution in [-0.2, 0) is 19.0 Å². The molecule has 5 heteroatoms. The lowest BCUT2D eigenvalue weighted by Crippen LogP contribution is -2.22. The summed E-state index contributed by atoms with van der Waals surface area (Å²) in [5.74, 6) is 0. The number of nitrogens with one attached hydrogen (secondary N) is 1. The Morgan fingerprint density at radius 1 is 1.00 bits per heavy atom. The molecule has 2 aromatic carbocycles. The van der Waals surface area contributed by atoms with Crippen LogP contribution in [-0.4, -0.2) is 6.04 Å². The molecule has 0 unspecified atom stereocenters. The number of anilines is 1. The van der Waals surface area contributed by atoms with Gasteiger partial charge in [-0.3, -0.25) is 0 Å². The van der Waals surface area contributed by atoms with E-state index >= 15 is 0 Å². The number of fused-ring (bicyclic) bond motifs is 1. The minimum Gasteiger partial charge on any atom is -0.381 e. The van der Waals surface area contributed by atoms with Gasteiger partial charge >= 0.3 is 6.18 Å². The third kappa shape index (κ3) is 3.07. The van der Waals surface area contributed by atoms with Crippen LogP contribution in [0.3, 0.4) is 0 Å². The molecule has 1 N–H and O–H groups in total. The van der Waals surface area contributed by atoms with Gasteiger partial charge in [0.15, 0.2) is 0 Å². The summed E-state index contributed by atoms with van der Waals surface area (Å²) in [5.41, 5.74) is 1.93. The van der Waals surface area contributed by atoms with Gasteiger partial charge in [0.25, 0.3) is 0 Å². The molecule has 0 spiro atoms. The molecule has 0 heterocycles. The first-order valence-corrected chi connectivity index (χ1v) is 7.43. The van der Waals surface area contributed by atoms with Gasteiger partial charge in [0.1, 0.15) is 0 Å². The van der Waals surface area contributed by atoms with Crippen LogP contribution in [0.15, 0.2) is 46.9 Å². The molecule has 110 valence electrons. The lowest BCUT2D eigenvalue weighted by molar-refractivity contribution is -0.137. The lowest BCUT2D eigenvalue weighted by atomic mass is 10.1. The number of halogens is 4. The number of hydrogen-bond acceptors (Lipinski definition) is 1. The van der Waals surface area contributed by atoms with Gasteiger partial charge in [-0.05, 0) is 42.2 Å². The normalized spacial score (nSPS) is 15.0. The Morgan fingerprint density at radius 3 is 2.19 bits per heavy atom. The average Bonchev–Trinajstić information content (AvgIpc) is 2.82. The van der Waals surface area contributed by atoms with Crippen LogP contribution in [0.1, 0.15) is 16.7 Å². The molecule has 3 rings (SSSR count). The molecule has 2 aromatic rings. The van der Waals surface area contributed by atoms with Crippen LogP contribution in [0.2, 0.25) is 0 Å². The molecule has 0 aliphatic heterocycles. The molecule has 0 radical (unpaired) electrons. The van der Waals surface area contributed by atoms with Crippen molar-refractivity contribution in [3.05, 3.63) is 63.6 Å². The molecule has 1 aliphatic carbocycles. The topological polar surface area (TPSA) is 12.0 Å². The minimum atomic E-state index is -4.36. The SMILES string of the molecule is FC(F)(F)c1cc(Br)ccc1NC1Cc2ccccc2C1. The van der Waals surface area contributed by atoms with Gasteiger partial charge in [0.05, 0.1) is 5.56 Å². The van der Waals surface area contributed by atoms with Crippen molar-refractivity contribution in [2.45, 2.75) is 25.1 Å². The quantitative estimate of drug-likeness (QED) is 0.794. The van der Waals surface area contributed by atoms with Crippen molar-refractivity contribution in [3.8, 4) is 0 Å². The van der Waals surface area contributed by atoms with Crippen molar-refractivity contribution in [1.82, 2.24) is 0 Å². The van der Waals surface area contributed by atoms with E-state index in [1.807, 2.05) is 24.3 Å². The molecule has 0 atom stereocenters. The van der Waals surface area contributed by atoms with Gasteiger partial charge in [0.2, 0.25) is 0 Å². The van der Waals surface area contributed by atoms with E-state index in [0.29, 0.717) is 4.47 Å². The highest BCUT2D eigenvalue weighted by molar-refractivity contribution is 9.10. The fourth-order valence-corrected chi connectivity index (χ4v) is 3.12. The van der Waals surface area contributed by atoms with Gasteiger partial charge in [-0.2, -0.15) is 13.2 Å². The highest BCUT2D eigenvalue weighted by Gasteiger charge is 2.34. The summed E-state index contributed by atoms with van der Waals surface area (Å²) in [6.45, 7) is 0. The first-order chi connectivity index (χ1) is 9.93. The lowest BCUT2D eigenvalue weighted by Gasteiger charge is -2.19. The molecule has 0 amide bonds. The van der Waals surface area contributed by atoms with Crippen LogP contribution in [0.25, 0.3) is 0 Å². The number of hydrogen-bond donors (Lipinski definition) is 1. The van der Waals surface area contributed by atoms with Crippen molar-refractivity contribution in [1.29, 1.82) is 0 Å². The minimum absolute atomic E-state index is 0.00433. The molecular weight excluding hydrogens is 343 g/mol. The summed E-state index contributed by atoms with van der Waals surface area (Å²) in [4.78, 5) is 0. The molecule has 0 saturated heterocycles. The smallest absolute Gasteiger partial charge is 0.381 e. The Hall–Kier alpha value is -1.49. The predicted molar refractivity (Wildman–Crippen MR) is 80.4 cm³/mol. The van der Waals surface area contributed by atoms with E-state index in [9.17, 15) is 13.2 Å². The summed E-state index contributed by atoms with van der Waals surface area (Å²) in [6, 6.07) is 12.2. The highest BCUT2D eigenvalue weighted by Crippen LogP contribution is 2.37. The van der Waals surface area contributed by atoms with E-state index in [-0.39, 0.29) is 11.7 Å². The molecular formula is C16H13BrF3N. The van der Waals surface area contributed by atoms with Crippen molar-refractivity contribution in [3.63, 3.8) is 0 Å². The van der Waals surface area contributed by atoms with E-state index in [4.69, 9.17) is 0 Å².